The molecule has 0 saturated heterocycles. The Morgan fingerprint density at radius 2 is 0.494 bits per heavy atom. The largest absolute Gasteiger partial charge is 0.462 e. The molecule has 0 amide bonds. The second kappa shape index (κ2) is 65.5. The molecule has 0 aliphatic carbocycles. The summed E-state index contributed by atoms with van der Waals surface area (Å²) in [6.07, 6.45) is 95.3. The maximum absolute atomic E-state index is 12.9. The summed E-state index contributed by atoms with van der Waals surface area (Å²) in [4.78, 5) is 38.3. The molecule has 0 heterocycles. The Kier molecular flexibility index (Phi) is 61.4. The van der Waals surface area contributed by atoms with Gasteiger partial charge in [0.15, 0.2) is 6.10 Å². The third-order valence-electron chi connectivity index (χ3n) is 13.0. The number of carbonyl (C=O) groups excluding carboxylic acids is 3. The van der Waals surface area contributed by atoms with Gasteiger partial charge in [0.2, 0.25) is 0 Å². The van der Waals surface area contributed by atoms with Gasteiger partial charge < -0.3 is 14.2 Å². The lowest BCUT2D eigenvalue weighted by Crippen LogP contribution is -2.30. The third-order valence-corrected chi connectivity index (χ3v) is 13.0. The highest BCUT2D eigenvalue weighted by Crippen LogP contribution is 2.14. The fraction of sp³-hybridized carbons (Fsp3) is 0.603. The SMILES string of the molecule is CC/C=C\C/C=C\C/C=C\C/C=C\C/C=C\C/C=C\C/C=C\C/C=C\CCCCCCCCC(=O)OCC(COC(=O)CCCCCCC/C=C\CCCCCC)OC(=O)CCCCCC/C=C\C/C=C\C/C=C\C/C=C\CC. The number of hydrogen-bond acceptors (Lipinski definition) is 6. The van der Waals surface area contributed by atoms with E-state index >= 15 is 0 Å². The molecule has 0 aliphatic heterocycles. The number of hydrogen-bond donors (Lipinski definition) is 0. The molecule has 1 unspecified atom stereocenters. The Morgan fingerprint density at radius 1 is 0.266 bits per heavy atom. The van der Waals surface area contributed by atoms with Crippen LogP contribution < -0.4 is 0 Å². The average molecular weight is 1090 g/mol. The molecule has 0 spiro atoms. The molecule has 0 aliphatic rings. The van der Waals surface area contributed by atoms with Crippen LogP contribution in [0.2, 0.25) is 0 Å². The predicted octanol–water partition coefficient (Wildman–Crippen LogP) is 22.1. The molecule has 79 heavy (non-hydrogen) atoms. The van der Waals surface area contributed by atoms with Crippen molar-refractivity contribution in [2.45, 2.75) is 271 Å². The fourth-order valence-corrected chi connectivity index (χ4v) is 8.27. The smallest absolute Gasteiger partial charge is 0.306 e. The summed E-state index contributed by atoms with van der Waals surface area (Å²) in [5, 5.41) is 0. The van der Waals surface area contributed by atoms with Crippen LogP contribution >= 0.6 is 0 Å². The van der Waals surface area contributed by atoms with Crippen molar-refractivity contribution in [1.82, 2.24) is 0 Å². The lowest BCUT2D eigenvalue weighted by Gasteiger charge is -2.18. The van der Waals surface area contributed by atoms with Crippen molar-refractivity contribution in [1.29, 1.82) is 0 Å². The van der Waals surface area contributed by atoms with Crippen molar-refractivity contribution in [3.8, 4) is 0 Å². The molecule has 0 saturated carbocycles. The highest BCUT2D eigenvalue weighted by Gasteiger charge is 2.19. The number of allylic oxidation sites excluding steroid dienone is 26. The van der Waals surface area contributed by atoms with Crippen LogP contribution in [0.15, 0.2) is 158 Å². The van der Waals surface area contributed by atoms with Gasteiger partial charge in [0.25, 0.3) is 0 Å². The molecule has 0 bridgehead atoms. The normalized spacial score (nSPS) is 13.2. The second-order valence-electron chi connectivity index (χ2n) is 20.5. The quantitative estimate of drug-likeness (QED) is 0.0261. The molecule has 0 radical (unpaired) electrons. The van der Waals surface area contributed by atoms with Crippen LogP contribution in [0.1, 0.15) is 265 Å². The maximum atomic E-state index is 12.9. The van der Waals surface area contributed by atoms with Gasteiger partial charge in [-0.05, 0) is 148 Å². The van der Waals surface area contributed by atoms with Gasteiger partial charge in [0, 0.05) is 19.3 Å². The van der Waals surface area contributed by atoms with E-state index in [9.17, 15) is 14.4 Å². The zero-order valence-corrected chi connectivity index (χ0v) is 50.8. The second-order valence-corrected chi connectivity index (χ2v) is 20.5. The van der Waals surface area contributed by atoms with Gasteiger partial charge in [-0.2, -0.15) is 0 Å². The zero-order valence-electron chi connectivity index (χ0n) is 50.8. The van der Waals surface area contributed by atoms with E-state index in [1.807, 2.05) is 0 Å². The van der Waals surface area contributed by atoms with Gasteiger partial charge in [-0.25, -0.2) is 0 Å². The van der Waals surface area contributed by atoms with Crippen LogP contribution in [0.25, 0.3) is 0 Å². The lowest BCUT2D eigenvalue weighted by molar-refractivity contribution is -0.167. The Balaban J connectivity index is 4.38. The van der Waals surface area contributed by atoms with Gasteiger partial charge >= 0.3 is 17.9 Å². The summed E-state index contributed by atoms with van der Waals surface area (Å²) < 4.78 is 16.9. The Labute approximate surface area is 486 Å². The van der Waals surface area contributed by atoms with Crippen LogP contribution in [0.5, 0.6) is 0 Å². The summed E-state index contributed by atoms with van der Waals surface area (Å²) in [5.41, 5.74) is 0. The third kappa shape index (κ3) is 63.7. The average Bonchev–Trinajstić information content (AvgIpc) is 3.45. The van der Waals surface area contributed by atoms with E-state index in [1.165, 1.54) is 51.4 Å². The Bertz CT molecular complexity index is 1780. The van der Waals surface area contributed by atoms with Crippen LogP contribution in [0.4, 0.5) is 0 Å². The highest BCUT2D eigenvalue weighted by atomic mass is 16.6. The molecule has 6 nitrogen and oxygen atoms in total. The van der Waals surface area contributed by atoms with Crippen molar-refractivity contribution in [2.24, 2.45) is 0 Å². The molecular formula is C73H116O6. The molecule has 0 aromatic carbocycles. The Morgan fingerprint density at radius 3 is 0.785 bits per heavy atom. The molecular weight excluding hydrogens is 973 g/mol. The standard InChI is InChI=1S/C73H116O6/c1-4-7-10-13-16-19-22-25-27-29-30-31-32-33-34-35-36-37-38-39-40-41-42-44-45-48-51-54-57-60-63-66-72(75)78-69-70(68-77-71(74)65-62-59-56-53-50-47-24-21-18-15-12-9-6-3)79-73(76)67-64-61-58-55-52-49-46-43-28-26-23-20-17-14-11-8-5-2/h7-8,10-11,16-17,19-21,24-28,30-31,33-34,36-37,39-40,42,44,46,49,70H,4-6,9,12-15,18,22-23,29,32,35,38,41,43,45,47-48,50-69H2,1-3H3/b10-7-,11-8-,19-16-,20-17-,24-21-,27-25-,28-26-,31-30-,34-33-,37-36-,40-39-,44-42-,49-46-. The molecule has 0 aromatic heterocycles. The summed E-state index contributed by atoms with van der Waals surface area (Å²) in [6.45, 7) is 6.35. The predicted molar refractivity (Wildman–Crippen MR) is 343 cm³/mol. The molecule has 0 rings (SSSR count). The van der Waals surface area contributed by atoms with Gasteiger partial charge in [-0.3, -0.25) is 14.4 Å². The number of rotatable bonds is 56. The molecule has 0 N–H and O–H groups in total. The topological polar surface area (TPSA) is 78.9 Å². The van der Waals surface area contributed by atoms with Gasteiger partial charge in [-0.15, -0.1) is 0 Å². The minimum atomic E-state index is -0.809. The summed E-state index contributed by atoms with van der Waals surface area (Å²) in [5.74, 6) is -0.953. The fourth-order valence-electron chi connectivity index (χ4n) is 8.27. The van der Waals surface area contributed by atoms with Gasteiger partial charge in [-0.1, -0.05) is 256 Å². The minimum absolute atomic E-state index is 0.103. The van der Waals surface area contributed by atoms with Gasteiger partial charge in [0.1, 0.15) is 13.2 Å². The van der Waals surface area contributed by atoms with E-state index in [2.05, 4.69) is 179 Å². The Hall–Kier alpha value is -4.97. The van der Waals surface area contributed by atoms with Crippen molar-refractivity contribution in [3.63, 3.8) is 0 Å². The summed E-state index contributed by atoms with van der Waals surface area (Å²) in [7, 11) is 0. The first-order chi connectivity index (χ1) is 39.0. The van der Waals surface area contributed by atoms with Crippen molar-refractivity contribution >= 4 is 17.9 Å². The summed E-state index contributed by atoms with van der Waals surface area (Å²) >= 11 is 0. The zero-order chi connectivity index (χ0) is 57.1. The van der Waals surface area contributed by atoms with E-state index in [0.717, 1.165) is 173 Å². The molecule has 0 aromatic rings. The van der Waals surface area contributed by atoms with Gasteiger partial charge in [0.05, 0.1) is 0 Å². The first-order valence-corrected chi connectivity index (χ1v) is 32.0. The van der Waals surface area contributed by atoms with Crippen LogP contribution in [-0.2, 0) is 28.6 Å². The van der Waals surface area contributed by atoms with E-state index in [-0.39, 0.29) is 37.5 Å². The number of esters is 3. The van der Waals surface area contributed by atoms with Crippen molar-refractivity contribution < 1.29 is 28.6 Å². The molecule has 0 fully saturated rings. The first-order valence-electron chi connectivity index (χ1n) is 32.0. The number of ether oxygens (including phenoxy) is 3. The van der Waals surface area contributed by atoms with Crippen LogP contribution in [-0.4, -0.2) is 37.2 Å². The van der Waals surface area contributed by atoms with Crippen molar-refractivity contribution in [2.75, 3.05) is 13.2 Å². The highest BCUT2D eigenvalue weighted by molar-refractivity contribution is 5.71. The lowest BCUT2D eigenvalue weighted by atomic mass is 10.1. The van der Waals surface area contributed by atoms with E-state index in [0.29, 0.717) is 12.8 Å². The van der Waals surface area contributed by atoms with E-state index in [4.69, 9.17) is 14.2 Å². The van der Waals surface area contributed by atoms with E-state index < -0.39 is 6.10 Å². The van der Waals surface area contributed by atoms with Crippen LogP contribution in [0.3, 0.4) is 0 Å². The maximum Gasteiger partial charge on any atom is 0.306 e. The monoisotopic (exact) mass is 1090 g/mol. The molecule has 444 valence electrons. The number of carbonyl (C=O) groups is 3. The van der Waals surface area contributed by atoms with Crippen molar-refractivity contribution in [3.05, 3.63) is 158 Å². The first kappa shape index (κ1) is 74.0. The van der Waals surface area contributed by atoms with Crippen LogP contribution in [0, 0.1) is 0 Å². The molecule has 1 atom stereocenters. The molecule has 6 heteroatoms. The van der Waals surface area contributed by atoms with E-state index in [1.54, 1.807) is 0 Å². The summed E-state index contributed by atoms with van der Waals surface area (Å²) in [6, 6.07) is 0. The number of unbranched alkanes of at least 4 members (excludes halogenated alkanes) is 19. The minimum Gasteiger partial charge on any atom is -0.462 e.